The fraction of sp³-hybridized carbons (Fsp3) is 0.750. The summed E-state index contributed by atoms with van der Waals surface area (Å²) in [5.74, 6) is 0.331. The van der Waals surface area contributed by atoms with E-state index >= 15 is 0 Å². The maximum absolute atomic E-state index is 12.8. The largest absolute Gasteiger partial charge is 0.473 e. The van der Waals surface area contributed by atoms with Gasteiger partial charge in [-0.1, -0.05) is 0 Å². The Hall–Kier alpha value is -2.62. The normalized spacial score (nSPS) is 23.1. The molecule has 1 aliphatic carbocycles. The van der Waals surface area contributed by atoms with E-state index in [2.05, 4.69) is 26.8 Å². The number of methoxy groups -OCH3 is 1. The first kappa shape index (κ1) is 24.5. The lowest BCUT2D eigenvalue weighted by Gasteiger charge is -2.42. The molecule has 3 fully saturated rings. The van der Waals surface area contributed by atoms with E-state index < -0.39 is 11.6 Å². The lowest BCUT2D eigenvalue weighted by Crippen LogP contribution is -2.58. The molecule has 34 heavy (non-hydrogen) atoms. The van der Waals surface area contributed by atoms with E-state index in [1.807, 2.05) is 32.6 Å². The van der Waals surface area contributed by atoms with E-state index in [-0.39, 0.29) is 23.6 Å². The van der Waals surface area contributed by atoms with Gasteiger partial charge in [0.25, 0.3) is 0 Å². The summed E-state index contributed by atoms with van der Waals surface area (Å²) >= 11 is 0. The number of aromatic nitrogens is 2. The van der Waals surface area contributed by atoms with Gasteiger partial charge in [0.2, 0.25) is 11.7 Å². The number of hydrogen-bond donors (Lipinski definition) is 0. The van der Waals surface area contributed by atoms with Crippen LogP contribution in [0.4, 0.5) is 10.6 Å². The molecule has 1 aromatic rings. The van der Waals surface area contributed by atoms with Crippen LogP contribution in [0.5, 0.6) is 5.88 Å². The molecule has 1 amide bonds. The zero-order valence-corrected chi connectivity index (χ0v) is 21.2. The number of ether oxygens (including phenoxy) is 3. The van der Waals surface area contributed by atoms with Crippen LogP contribution in [-0.4, -0.2) is 95.5 Å². The monoisotopic (exact) mass is 475 g/mol. The minimum atomic E-state index is -0.606. The average Bonchev–Trinajstić information content (AvgIpc) is 3.38. The van der Waals surface area contributed by atoms with E-state index in [9.17, 15) is 9.59 Å². The van der Waals surface area contributed by atoms with Crippen LogP contribution in [0.15, 0.2) is 6.07 Å². The van der Waals surface area contributed by atoms with Gasteiger partial charge in [0.15, 0.2) is 0 Å². The number of nitrogens with zero attached hydrogens (tertiary/aromatic N) is 5. The van der Waals surface area contributed by atoms with Crippen LogP contribution >= 0.6 is 0 Å². The third-order valence-electron chi connectivity index (χ3n) is 6.90. The van der Waals surface area contributed by atoms with Gasteiger partial charge >= 0.3 is 12.1 Å². The fourth-order valence-corrected chi connectivity index (χ4v) is 4.96. The van der Waals surface area contributed by atoms with Crippen molar-refractivity contribution in [3.8, 4) is 5.88 Å². The van der Waals surface area contributed by atoms with Gasteiger partial charge in [-0.05, 0) is 67.0 Å². The van der Waals surface area contributed by atoms with Crippen molar-refractivity contribution in [2.24, 2.45) is 0 Å². The number of amides is 1. The minimum Gasteiger partial charge on any atom is -0.473 e. The summed E-state index contributed by atoms with van der Waals surface area (Å²) in [5, 5.41) is 0. The first-order chi connectivity index (χ1) is 16.0. The number of likely N-dealkylation sites (tertiary alicyclic amines) is 1. The zero-order chi connectivity index (χ0) is 24.7. The standard InChI is InChI=1S/C24H37N5O5/c1-16(17-8-7-11-27(17)5)33-19-14-18(25-20(26-19)21(30)32-6)28-12-13-29(24(15-28)9-10-24)22(31)34-23(2,3)4/h14,16-17H,7-13,15H2,1-6H3/t16-,17-/m0/s1. The van der Waals surface area contributed by atoms with E-state index in [0.29, 0.717) is 37.4 Å². The summed E-state index contributed by atoms with van der Waals surface area (Å²) < 4.78 is 16.7. The lowest BCUT2D eigenvalue weighted by atomic mass is 10.1. The van der Waals surface area contributed by atoms with Crippen molar-refractivity contribution in [2.75, 3.05) is 45.2 Å². The molecule has 4 rings (SSSR count). The molecule has 1 saturated carbocycles. The highest BCUT2D eigenvalue weighted by atomic mass is 16.6. The second-order valence-electron chi connectivity index (χ2n) is 10.7. The number of carbonyl (C=O) groups is 2. The Morgan fingerprint density at radius 1 is 1.18 bits per heavy atom. The van der Waals surface area contributed by atoms with Crippen molar-refractivity contribution < 1.29 is 23.8 Å². The average molecular weight is 476 g/mol. The number of hydrogen-bond acceptors (Lipinski definition) is 9. The highest BCUT2D eigenvalue weighted by molar-refractivity contribution is 5.85. The Labute approximate surface area is 201 Å². The van der Waals surface area contributed by atoms with Gasteiger partial charge in [0.05, 0.1) is 12.6 Å². The smallest absolute Gasteiger partial charge is 0.410 e. The summed E-state index contributed by atoms with van der Waals surface area (Å²) in [5.41, 5.74) is -0.805. The van der Waals surface area contributed by atoms with Crippen LogP contribution in [0.25, 0.3) is 0 Å². The third kappa shape index (κ3) is 5.21. The second-order valence-corrected chi connectivity index (χ2v) is 10.7. The topological polar surface area (TPSA) is 97.3 Å². The molecule has 0 N–H and O–H groups in total. The molecule has 2 saturated heterocycles. The lowest BCUT2D eigenvalue weighted by molar-refractivity contribution is 0.0106. The van der Waals surface area contributed by atoms with Gasteiger partial charge < -0.3 is 19.1 Å². The molecule has 3 aliphatic rings. The minimum absolute atomic E-state index is 0.0265. The molecule has 3 heterocycles. The van der Waals surface area contributed by atoms with Gasteiger partial charge in [-0.15, -0.1) is 0 Å². The van der Waals surface area contributed by atoms with E-state index in [1.54, 1.807) is 6.07 Å². The highest BCUT2D eigenvalue weighted by Gasteiger charge is 2.54. The summed E-state index contributed by atoms with van der Waals surface area (Å²) in [6.45, 7) is 10.4. The van der Waals surface area contributed by atoms with Crippen molar-refractivity contribution in [1.29, 1.82) is 0 Å². The summed E-state index contributed by atoms with van der Waals surface area (Å²) in [6.07, 6.45) is 3.66. The molecule has 188 valence electrons. The van der Waals surface area contributed by atoms with Crippen LogP contribution in [0.2, 0.25) is 0 Å². The Bertz CT molecular complexity index is 929. The number of esters is 1. The highest BCUT2D eigenvalue weighted by Crippen LogP contribution is 2.45. The van der Waals surface area contributed by atoms with Crippen molar-refractivity contribution in [1.82, 2.24) is 19.8 Å². The number of carbonyl (C=O) groups excluding carboxylic acids is 2. The van der Waals surface area contributed by atoms with E-state index in [1.165, 1.54) is 7.11 Å². The van der Waals surface area contributed by atoms with Crippen LogP contribution in [0, 0.1) is 0 Å². The van der Waals surface area contributed by atoms with E-state index in [0.717, 1.165) is 32.2 Å². The molecule has 2 aliphatic heterocycles. The maximum Gasteiger partial charge on any atom is 0.410 e. The van der Waals surface area contributed by atoms with Crippen molar-refractivity contribution >= 4 is 17.9 Å². The maximum atomic E-state index is 12.8. The predicted molar refractivity (Wildman–Crippen MR) is 126 cm³/mol. The number of rotatable bonds is 5. The van der Waals surface area contributed by atoms with Crippen LogP contribution in [0.1, 0.15) is 64.0 Å². The summed E-state index contributed by atoms with van der Waals surface area (Å²) in [4.78, 5) is 40.2. The molecule has 1 spiro atoms. The second kappa shape index (κ2) is 9.20. The molecule has 10 nitrogen and oxygen atoms in total. The molecular weight excluding hydrogens is 438 g/mol. The number of anilines is 1. The van der Waals surface area contributed by atoms with Crippen LogP contribution in [0.3, 0.4) is 0 Å². The Balaban J connectivity index is 1.54. The Morgan fingerprint density at radius 3 is 2.50 bits per heavy atom. The number of likely N-dealkylation sites (N-methyl/N-ethyl adjacent to an activating group) is 1. The molecule has 0 bridgehead atoms. The first-order valence-electron chi connectivity index (χ1n) is 12.1. The SMILES string of the molecule is COC(=O)c1nc(O[C@@H](C)[C@@H]2CCCN2C)cc(N2CCN(C(=O)OC(C)(C)C)C3(CC3)C2)n1. The number of piperazine rings is 1. The van der Waals surface area contributed by atoms with Crippen LogP contribution < -0.4 is 9.64 Å². The summed E-state index contributed by atoms with van der Waals surface area (Å²) in [7, 11) is 3.41. The van der Waals surface area contributed by atoms with Crippen LogP contribution in [-0.2, 0) is 9.47 Å². The summed E-state index contributed by atoms with van der Waals surface area (Å²) in [6, 6.07) is 2.09. The third-order valence-corrected chi connectivity index (χ3v) is 6.90. The molecule has 0 radical (unpaired) electrons. The molecule has 1 aromatic heterocycles. The molecule has 0 unspecified atom stereocenters. The molecule has 2 atom stereocenters. The molecule has 10 heteroatoms. The molecule has 0 aromatic carbocycles. The van der Waals surface area contributed by atoms with Gasteiger partial charge in [-0.25, -0.2) is 14.6 Å². The van der Waals surface area contributed by atoms with Gasteiger partial charge in [0, 0.05) is 31.7 Å². The zero-order valence-electron chi connectivity index (χ0n) is 21.2. The Morgan fingerprint density at radius 2 is 1.91 bits per heavy atom. The van der Waals surface area contributed by atoms with Crippen molar-refractivity contribution in [3.05, 3.63) is 11.9 Å². The van der Waals surface area contributed by atoms with Gasteiger partial charge in [-0.2, -0.15) is 4.98 Å². The van der Waals surface area contributed by atoms with Crippen molar-refractivity contribution in [2.45, 2.75) is 76.7 Å². The molecular formula is C24H37N5O5. The fourth-order valence-electron chi connectivity index (χ4n) is 4.96. The van der Waals surface area contributed by atoms with Gasteiger partial charge in [-0.3, -0.25) is 9.80 Å². The quantitative estimate of drug-likeness (QED) is 0.595. The van der Waals surface area contributed by atoms with Gasteiger partial charge in [0.1, 0.15) is 17.5 Å². The predicted octanol–water partition coefficient (Wildman–Crippen LogP) is 2.71. The van der Waals surface area contributed by atoms with Crippen molar-refractivity contribution in [3.63, 3.8) is 0 Å². The Kier molecular flexibility index (Phi) is 6.63. The first-order valence-corrected chi connectivity index (χ1v) is 12.1. The van der Waals surface area contributed by atoms with E-state index in [4.69, 9.17) is 14.2 Å².